The molecule has 1 atom stereocenters. The topological polar surface area (TPSA) is 41.1 Å². The molecule has 1 fully saturated rings. The molecule has 1 saturated heterocycles. The van der Waals surface area contributed by atoms with Gasteiger partial charge in [-0.05, 0) is 37.3 Å². The van der Waals surface area contributed by atoms with Crippen molar-refractivity contribution in [2.75, 3.05) is 13.1 Å². The average molecular weight is 224 g/mol. The first kappa shape index (κ1) is 10.6. The maximum Gasteiger partial charge on any atom is 0.261 e. The van der Waals surface area contributed by atoms with E-state index in [1.807, 2.05) is 17.5 Å². The predicted molar refractivity (Wildman–Crippen MR) is 62.3 cm³/mol. The number of carbonyl (C=O) groups is 1. The van der Waals surface area contributed by atoms with Crippen molar-refractivity contribution in [2.24, 2.45) is 0 Å². The Kier molecular flexibility index (Phi) is 3.75. The highest BCUT2D eigenvalue weighted by Gasteiger charge is 2.13. The van der Waals surface area contributed by atoms with Gasteiger partial charge >= 0.3 is 0 Å². The minimum atomic E-state index is 0.0583. The molecule has 0 saturated carbocycles. The van der Waals surface area contributed by atoms with Crippen LogP contribution in [0, 0.1) is 0 Å². The van der Waals surface area contributed by atoms with Crippen LogP contribution in [0.25, 0.3) is 0 Å². The number of rotatable bonds is 4. The number of amides is 1. The zero-order valence-electron chi connectivity index (χ0n) is 8.66. The Morgan fingerprint density at radius 3 is 3.27 bits per heavy atom. The highest BCUT2D eigenvalue weighted by Crippen LogP contribution is 2.09. The molecule has 1 aromatic heterocycles. The van der Waals surface area contributed by atoms with Crippen LogP contribution in [0.2, 0.25) is 0 Å². The molecule has 0 spiro atoms. The second-order valence-electron chi connectivity index (χ2n) is 3.82. The lowest BCUT2D eigenvalue weighted by molar-refractivity contribution is 0.0956. The summed E-state index contributed by atoms with van der Waals surface area (Å²) in [5.41, 5.74) is 0. The molecule has 1 aliphatic rings. The van der Waals surface area contributed by atoms with E-state index in [1.165, 1.54) is 24.2 Å². The molecular weight excluding hydrogens is 208 g/mol. The number of carbonyl (C=O) groups excluding carboxylic acids is 1. The van der Waals surface area contributed by atoms with Crippen LogP contribution in [0.15, 0.2) is 17.5 Å². The molecule has 0 aliphatic carbocycles. The molecule has 2 rings (SSSR count). The fourth-order valence-corrected chi connectivity index (χ4v) is 2.50. The van der Waals surface area contributed by atoms with E-state index in [4.69, 9.17) is 0 Å². The summed E-state index contributed by atoms with van der Waals surface area (Å²) in [6.45, 7) is 1.90. The van der Waals surface area contributed by atoms with Gasteiger partial charge < -0.3 is 10.6 Å². The van der Waals surface area contributed by atoms with Gasteiger partial charge in [0.25, 0.3) is 5.91 Å². The van der Waals surface area contributed by atoms with Crippen molar-refractivity contribution < 1.29 is 4.79 Å². The van der Waals surface area contributed by atoms with E-state index in [0.717, 1.165) is 24.4 Å². The standard InChI is InChI=1S/C11H16N2OS/c14-11(10-4-2-8-15-10)13-7-5-9-3-1-6-12-9/h2,4,8-9,12H,1,3,5-7H2,(H,13,14). The maximum absolute atomic E-state index is 11.6. The number of hydrogen-bond donors (Lipinski definition) is 2. The largest absolute Gasteiger partial charge is 0.351 e. The Bertz CT molecular complexity index is 304. The second kappa shape index (κ2) is 5.28. The first-order valence-corrected chi connectivity index (χ1v) is 6.29. The van der Waals surface area contributed by atoms with Gasteiger partial charge in [-0.2, -0.15) is 0 Å². The summed E-state index contributed by atoms with van der Waals surface area (Å²) in [5, 5.41) is 8.28. The SMILES string of the molecule is O=C(NCCC1CCCN1)c1cccs1. The quantitative estimate of drug-likeness (QED) is 0.816. The van der Waals surface area contributed by atoms with Crippen molar-refractivity contribution in [3.63, 3.8) is 0 Å². The highest BCUT2D eigenvalue weighted by atomic mass is 32.1. The van der Waals surface area contributed by atoms with Crippen LogP contribution in [0.4, 0.5) is 0 Å². The third-order valence-electron chi connectivity index (χ3n) is 2.69. The van der Waals surface area contributed by atoms with Crippen molar-refractivity contribution in [3.05, 3.63) is 22.4 Å². The smallest absolute Gasteiger partial charge is 0.261 e. The molecule has 15 heavy (non-hydrogen) atoms. The lowest BCUT2D eigenvalue weighted by atomic mass is 10.1. The fourth-order valence-electron chi connectivity index (χ4n) is 1.86. The molecule has 1 aromatic rings. The summed E-state index contributed by atoms with van der Waals surface area (Å²) in [6, 6.07) is 4.36. The summed E-state index contributed by atoms with van der Waals surface area (Å²) < 4.78 is 0. The number of hydrogen-bond acceptors (Lipinski definition) is 3. The van der Waals surface area contributed by atoms with Crippen LogP contribution in [0.1, 0.15) is 28.9 Å². The van der Waals surface area contributed by atoms with Gasteiger partial charge in [0.1, 0.15) is 0 Å². The molecule has 1 unspecified atom stereocenters. The molecule has 0 bridgehead atoms. The van der Waals surface area contributed by atoms with Crippen molar-refractivity contribution >= 4 is 17.2 Å². The maximum atomic E-state index is 11.6. The summed E-state index contributed by atoms with van der Waals surface area (Å²) >= 11 is 1.49. The van der Waals surface area contributed by atoms with Gasteiger partial charge in [0.15, 0.2) is 0 Å². The Balaban J connectivity index is 1.67. The van der Waals surface area contributed by atoms with Crippen LogP contribution in [0.3, 0.4) is 0 Å². The van der Waals surface area contributed by atoms with Gasteiger partial charge in [-0.15, -0.1) is 11.3 Å². The van der Waals surface area contributed by atoms with E-state index in [9.17, 15) is 4.79 Å². The molecule has 2 N–H and O–H groups in total. The van der Waals surface area contributed by atoms with Crippen LogP contribution >= 0.6 is 11.3 Å². The zero-order valence-corrected chi connectivity index (χ0v) is 9.48. The third-order valence-corrected chi connectivity index (χ3v) is 3.55. The van der Waals surface area contributed by atoms with Gasteiger partial charge in [-0.3, -0.25) is 4.79 Å². The van der Waals surface area contributed by atoms with Gasteiger partial charge in [-0.1, -0.05) is 6.07 Å². The highest BCUT2D eigenvalue weighted by molar-refractivity contribution is 7.12. The molecule has 4 heteroatoms. The lowest BCUT2D eigenvalue weighted by Gasteiger charge is -2.09. The van der Waals surface area contributed by atoms with Crippen LogP contribution in [0.5, 0.6) is 0 Å². The van der Waals surface area contributed by atoms with Crippen molar-refractivity contribution in [2.45, 2.75) is 25.3 Å². The van der Waals surface area contributed by atoms with E-state index in [0.29, 0.717) is 6.04 Å². The molecule has 0 radical (unpaired) electrons. The molecule has 3 nitrogen and oxygen atoms in total. The molecule has 1 aliphatic heterocycles. The van der Waals surface area contributed by atoms with Gasteiger partial charge in [-0.25, -0.2) is 0 Å². The number of thiophene rings is 1. The molecule has 2 heterocycles. The minimum Gasteiger partial charge on any atom is -0.351 e. The zero-order chi connectivity index (χ0) is 10.5. The van der Waals surface area contributed by atoms with E-state index >= 15 is 0 Å². The summed E-state index contributed by atoms with van der Waals surface area (Å²) in [4.78, 5) is 12.4. The lowest BCUT2D eigenvalue weighted by Crippen LogP contribution is -2.30. The fraction of sp³-hybridized carbons (Fsp3) is 0.545. The monoisotopic (exact) mass is 224 g/mol. The summed E-state index contributed by atoms with van der Waals surface area (Å²) in [7, 11) is 0. The molecule has 1 amide bonds. The van der Waals surface area contributed by atoms with Crippen LogP contribution in [-0.2, 0) is 0 Å². The molecular formula is C11H16N2OS. The predicted octanol–water partition coefficient (Wildman–Crippen LogP) is 1.62. The number of nitrogens with one attached hydrogen (secondary N) is 2. The summed E-state index contributed by atoms with van der Waals surface area (Å²) in [5.74, 6) is 0.0583. The molecule has 82 valence electrons. The third kappa shape index (κ3) is 3.04. The van der Waals surface area contributed by atoms with Crippen molar-refractivity contribution in [1.82, 2.24) is 10.6 Å². The Morgan fingerprint density at radius 2 is 2.60 bits per heavy atom. The van der Waals surface area contributed by atoms with Gasteiger partial charge in [0.05, 0.1) is 4.88 Å². The normalized spacial score (nSPS) is 20.4. The van der Waals surface area contributed by atoms with E-state index in [1.54, 1.807) is 0 Å². The first-order chi connectivity index (χ1) is 7.36. The van der Waals surface area contributed by atoms with Crippen LogP contribution in [-0.4, -0.2) is 25.0 Å². The molecule has 0 aromatic carbocycles. The minimum absolute atomic E-state index is 0.0583. The second-order valence-corrected chi connectivity index (χ2v) is 4.76. The Labute approximate surface area is 93.9 Å². The summed E-state index contributed by atoms with van der Waals surface area (Å²) in [6.07, 6.45) is 3.55. The van der Waals surface area contributed by atoms with E-state index in [-0.39, 0.29) is 5.91 Å². The van der Waals surface area contributed by atoms with Gasteiger partial charge in [0.2, 0.25) is 0 Å². The Hall–Kier alpha value is -0.870. The Morgan fingerprint density at radius 1 is 1.67 bits per heavy atom. The van der Waals surface area contributed by atoms with Crippen molar-refractivity contribution in [3.8, 4) is 0 Å². The van der Waals surface area contributed by atoms with Crippen LogP contribution < -0.4 is 10.6 Å². The van der Waals surface area contributed by atoms with E-state index in [2.05, 4.69) is 10.6 Å². The van der Waals surface area contributed by atoms with Gasteiger partial charge in [0, 0.05) is 12.6 Å². The van der Waals surface area contributed by atoms with Crippen molar-refractivity contribution in [1.29, 1.82) is 0 Å². The first-order valence-electron chi connectivity index (χ1n) is 5.41. The van der Waals surface area contributed by atoms with E-state index < -0.39 is 0 Å². The average Bonchev–Trinajstić information content (AvgIpc) is 2.90.